The second-order valence-corrected chi connectivity index (χ2v) is 6.45. The molecule has 25 heavy (non-hydrogen) atoms. The van der Waals surface area contributed by atoms with Gasteiger partial charge in [0.2, 0.25) is 0 Å². The molecule has 1 N–H and O–H groups in total. The van der Waals surface area contributed by atoms with Gasteiger partial charge in [0.15, 0.2) is 0 Å². The summed E-state index contributed by atoms with van der Waals surface area (Å²) in [6, 6.07) is 17.6. The van der Waals surface area contributed by atoms with Gasteiger partial charge in [0.1, 0.15) is 0 Å². The molecule has 0 fully saturated rings. The smallest absolute Gasteiger partial charge is 0.308 e. The monoisotopic (exact) mass is 331 g/mol. The van der Waals surface area contributed by atoms with Crippen LogP contribution in [0.3, 0.4) is 0 Å². The number of allylic oxidation sites excluding steroid dienone is 1. The molecule has 2 aromatic rings. The fourth-order valence-corrected chi connectivity index (χ4v) is 3.53. The van der Waals surface area contributed by atoms with Gasteiger partial charge >= 0.3 is 6.03 Å². The number of amides is 2. The van der Waals surface area contributed by atoms with Gasteiger partial charge < -0.3 is 5.32 Å². The number of hydrogen-bond acceptors (Lipinski definition) is 2. The normalized spacial score (nSPS) is 18.6. The van der Waals surface area contributed by atoms with Crippen molar-refractivity contribution in [1.82, 2.24) is 0 Å². The number of urea groups is 1. The molecule has 0 aromatic heterocycles. The highest BCUT2D eigenvalue weighted by Gasteiger charge is 2.37. The Morgan fingerprint density at radius 1 is 1.16 bits per heavy atom. The topological polar surface area (TPSA) is 44.7 Å². The summed E-state index contributed by atoms with van der Waals surface area (Å²) in [5.41, 5.74) is 5.39. The van der Waals surface area contributed by atoms with Gasteiger partial charge in [-0.05, 0) is 35.8 Å². The summed E-state index contributed by atoms with van der Waals surface area (Å²) in [7, 11) is 0. The van der Waals surface area contributed by atoms with Crippen LogP contribution in [0.2, 0.25) is 0 Å². The van der Waals surface area contributed by atoms with Crippen molar-refractivity contribution in [2.45, 2.75) is 32.2 Å². The third-order valence-electron chi connectivity index (χ3n) is 4.88. The van der Waals surface area contributed by atoms with Gasteiger partial charge in [-0.3, -0.25) is 9.89 Å². The summed E-state index contributed by atoms with van der Waals surface area (Å²) >= 11 is 0. The summed E-state index contributed by atoms with van der Waals surface area (Å²) in [4.78, 5) is 19.5. The van der Waals surface area contributed by atoms with Crippen molar-refractivity contribution in [2.24, 2.45) is 4.99 Å². The van der Waals surface area contributed by atoms with Crippen LogP contribution in [0, 0.1) is 0 Å². The number of aliphatic imine (C=N–C) groups is 1. The van der Waals surface area contributed by atoms with E-state index in [4.69, 9.17) is 0 Å². The van der Waals surface area contributed by atoms with Gasteiger partial charge in [0.05, 0.1) is 6.04 Å². The van der Waals surface area contributed by atoms with E-state index in [0.717, 1.165) is 36.3 Å². The number of benzene rings is 2. The maximum absolute atomic E-state index is 13.0. The molecule has 0 bridgehead atoms. The molecule has 0 aliphatic carbocycles. The Balaban J connectivity index is 1.62. The Morgan fingerprint density at radius 3 is 2.68 bits per heavy atom. The Bertz CT molecular complexity index is 854. The molecular formula is C21H21N3O. The fourth-order valence-electron chi connectivity index (χ4n) is 3.53. The zero-order valence-corrected chi connectivity index (χ0v) is 14.3. The van der Waals surface area contributed by atoms with E-state index < -0.39 is 0 Å². The van der Waals surface area contributed by atoms with Gasteiger partial charge in [0.25, 0.3) is 0 Å². The zero-order valence-electron chi connectivity index (χ0n) is 14.3. The van der Waals surface area contributed by atoms with E-state index in [9.17, 15) is 4.79 Å². The van der Waals surface area contributed by atoms with Crippen LogP contribution >= 0.6 is 0 Å². The third-order valence-corrected chi connectivity index (χ3v) is 4.88. The molecule has 2 amide bonds. The van der Waals surface area contributed by atoms with Crippen LogP contribution < -0.4 is 10.2 Å². The molecular weight excluding hydrogens is 310 g/mol. The standard InChI is InChI=1S/C21H21N3O/c1-2-15-12-18(22-14-15)20-13-16-8-6-7-11-19(16)24(20)21(25)23-17-9-4-3-5-10-17/h3-11,14,20H,2,12-13H2,1H3,(H,23,25). The first-order valence-corrected chi connectivity index (χ1v) is 8.74. The van der Waals surface area contributed by atoms with Crippen LogP contribution in [0.4, 0.5) is 16.2 Å². The van der Waals surface area contributed by atoms with Crippen LogP contribution in [0.25, 0.3) is 0 Å². The van der Waals surface area contributed by atoms with E-state index in [1.807, 2.05) is 59.6 Å². The maximum atomic E-state index is 13.0. The van der Waals surface area contributed by atoms with Crippen molar-refractivity contribution in [3.8, 4) is 0 Å². The molecule has 0 saturated carbocycles. The quantitative estimate of drug-likeness (QED) is 0.863. The van der Waals surface area contributed by atoms with Crippen molar-refractivity contribution in [3.05, 3.63) is 71.9 Å². The van der Waals surface area contributed by atoms with E-state index >= 15 is 0 Å². The Labute approximate surface area is 147 Å². The summed E-state index contributed by atoms with van der Waals surface area (Å²) in [6.45, 7) is 2.15. The number of nitrogens with zero attached hydrogens (tertiary/aromatic N) is 2. The van der Waals surface area contributed by atoms with Crippen LogP contribution in [0.5, 0.6) is 0 Å². The minimum absolute atomic E-state index is 0.0126. The number of carbonyl (C=O) groups excluding carboxylic acids is 1. The summed E-state index contributed by atoms with van der Waals surface area (Å²) in [5, 5.41) is 3.02. The molecule has 4 rings (SSSR count). The molecule has 0 saturated heterocycles. The summed E-state index contributed by atoms with van der Waals surface area (Å²) in [5.74, 6) is 0. The number of rotatable bonds is 3. The van der Waals surface area contributed by atoms with E-state index in [-0.39, 0.29) is 12.1 Å². The average Bonchev–Trinajstić information content (AvgIpc) is 3.26. The molecule has 2 aliphatic rings. The average molecular weight is 331 g/mol. The Hall–Kier alpha value is -2.88. The molecule has 1 atom stereocenters. The molecule has 2 aromatic carbocycles. The first-order chi connectivity index (χ1) is 12.3. The molecule has 2 heterocycles. The number of anilines is 2. The molecule has 1 unspecified atom stereocenters. The first kappa shape index (κ1) is 15.6. The van der Waals surface area contributed by atoms with E-state index in [2.05, 4.69) is 23.3 Å². The van der Waals surface area contributed by atoms with Crippen molar-refractivity contribution in [1.29, 1.82) is 0 Å². The largest absolute Gasteiger partial charge is 0.326 e. The van der Waals surface area contributed by atoms with Crippen LogP contribution in [-0.2, 0) is 6.42 Å². The molecule has 126 valence electrons. The number of fused-ring (bicyclic) bond motifs is 1. The molecule has 2 aliphatic heterocycles. The number of carbonyl (C=O) groups is 1. The van der Waals surface area contributed by atoms with Gasteiger partial charge in [-0.2, -0.15) is 0 Å². The lowest BCUT2D eigenvalue weighted by atomic mass is 10.0. The second-order valence-electron chi connectivity index (χ2n) is 6.45. The first-order valence-electron chi connectivity index (χ1n) is 8.74. The molecule has 0 spiro atoms. The maximum Gasteiger partial charge on any atom is 0.326 e. The predicted molar refractivity (Wildman–Crippen MR) is 102 cm³/mol. The Kier molecular flexibility index (Phi) is 4.10. The number of hydrogen-bond donors (Lipinski definition) is 1. The lowest BCUT2D eigenvalue weighted by Gasteiger charge is -2.26. The van der Waals surface area contributed by atoms with Gasteiger partial charge in [-0.25, -0.2) is 4.79 Å². The third kappa shape index (κ3) is 2.95. The lowest BCUT2D eigenvalue weighted by Crippen LogP contribution is -2.44. The van der Waals surface area contributed by atoms with Crippen LogP contribution in [0.1, 0.15) is 25.3 Å². The predicted octanol–water partition coefficient (Wildman–Crippen LogP) is 4.79. The number of nitrogens with one attached hydrogen (secondary N) is 1. The second kappa shape index (κ2) is 6.55. The molecule has 0 radical (unpaired) electrons. The highest BCUT2D eigenvalue weighted by atomic mass is 16.2. The van der Waals surface area contributed by atoms with E-state index in [1.165, 1.54) is 11.1 Å². The molecule has 4 heteroatoms. The lowest BCUT2D eigenvalue weighted by molar-refractivity contribution is 0.256. The minimum Gasteiger partial charge on any atom is -0.308 e. The number of para-hydroxylation sites is 2. The van der Waals surface area contributed by atoms with Crippen molar-refractivity contribution >= 4 is 23.1 Å². The summed E-state index contributed by atoms with van der Waals surface area (Å²) < 4.78 is 0. The van der Waals surface area contributed by atoms with Crippen LogP contribution in [0.15, 0.2) is 71.4 Å². The van der Waals surface area contributed by atoms with Gasteiger partial charge in [-0.1, -0.05) is 43.3 Å². The van der Waals surface area contributed by atoms with Gasteiger partial charge in [0, 0.05) is 36.1 Å². The highest BCUT2D eigenvalue weighted by Crippen LogP contribution is 2.35. The minimum atomic E-state index is -0.103. The zero-order chi connectivity index (χ0) is 17.2. The van der Waals surface area contributed by atoms with E-state index in [0.29, 0.717) is 0 Å². The van der Waals surface area contributed by atoms with Crippen molar-refractivity contribution < 1.29 is 4.79 Å². The van der Waals surface area contributed by atoms with Crippen molar-refractivity contribution in [2.75, 3.05) is 10.2 Å². The molecule has 4 nitrogen and oxygen atoms in total. The Morgan fingerprint density at radius 2 is 1.92 bits per heavy atom. The van der Waals surface area contributed by atoms with Gasteiger partial charge in [-0.15, -0.1) is 0 Å². The van der Waals surface area contributed by atoms with Crippen molar-refractivity contribution in [3.63, 3.8) is 0 Å². The van der Waals surface area contributed by atoms with E-state index in [1.54, 1.807) is 0 Å². The van der Waals surface area contributed by atoms with Crippen LogP contribution in [-0.4, -0.2) is 17.8 Å². The SMILES string of the molecule is CCC1=CN=C(C2Cc3ccccc3N2C(=O)Nc2ccccc2)C1. The highest BCUT2D eigenvalue weighted by molar-refractivity contribution is 6.10. The fraction of sp³-hybridized carbons (Fsp3) is 0.238. The summed E-state index contributed by atoms with van der Waals surface area (Å²) in [6.07, 6.45) is 4.65.